The van der Waals surface area contributed by atoms with Gasteiger partial charge < -0.3 is 18.6 Å². The summed E-state index contributed by atoms with van der Waals surface area (Å²) in [5, 5.41) is 0. The lowest BCUT2D eigenvalue weighted by Gasteiger charge is -3.12. The molecule has 38 heavy (non-hydrogen) atoms. The molecule has 8 fully saturated rings. The lowest BCUT2D eigenvalue weighted by molar-refractivity contribution is -0.596. The van der Waals surface area contributed by atoms with Crippen molar-refractivity contribution >= 4 is 25.2 Å². The highest BCUT2D eigenvalue weighted by Crippen LogP contribution is 3.09. The summed E-state index contributed by atoms with van der Waals surface area (Å²) in [6.45, 7) is 17.0. The highest BCUT2D eigenvalue weighted by atomic mass is 16.7. The van der Waals surface area contributed by atoms with E-state index in [0.717, 1.165) is 46.4 Å². The molecule has 0 spiro atoms. The van der Waals surface area contributed by atoms with Gasteiger partial charge in [-0.1, -0.05) is 48.5 Å². The first-order valence-electron chi connectivity index (χ1n) is 14.7. The van der Waals surface area contributed by atoms with E-state index in [4.69, 9.17) is 18.6 Å². The predicted octanol–water partition coefficient (Wildman–Crippen LogP) is 4.23. The lowest BCUT2D eigenvalue weighted by Crippen LogP contribution is -3.12. The Hall–Kier alpha value is -1.59. The van der Waals surface area contributed by atoms with Crippen LogP contribution in [-0.2, 0) is 29.4 Å². The second-order valence-corrected chi connectivity index (χ2v) is 15.4. The number of benzene rings is 2. The Labute approximate surface area is 227 Å². The smallest absolute Gasteiger partial charge is 0.399 e. The van der Waals surface area contributed by atoms with Crippen LogP contribution in [0.25, 0.3) is 0 Å². The molecule has 0 unspecified atom stereocenters. The lowest BCUT2D eigenvalue weighted by atomic mass is 8.91. The fourth-order valence-electron chi connectivity index (χ4n) is 10.5. The zero-order valence-electron chi connectivity index (χ0n) is 23.9. The summed E-state index contributed by atoms with van der Waals surface area (Å²) in [6.07, 6.45) is 0. The second kappa shape index (κ2) is 6.17. The van der Waals surface area contributed by atoms with E-state index in [9.17, 15) is 0 Å². The van der Waals surface area contributed by atoms with Crippen molar-refractivity contribution in [1.82, 2.24) is 0 Å². The maximum absolute atomic E-state index is 6.29. The minimum absolute atomic E-state index is 0.276. The van der Waals surface area contributed by atoms with Gasteiger partial charge in [0.25, 0.3) is 0 Å². The molecular formula is C32H38B2O4. The Balaban J connectivity index is 0.925. The van der Waals surface area contributed by atoms with E-state index in [1.165, 1.54) is 0 Å². The Bertz CT molecular complexity index is 1200. The topological polar surface area (TPSA) is 36.9 Å². The van der Waals surface area contributed by atoms with Gasteiger partial charge in [0, 0.05) is 10.8 Å². The van der Waals surface area contributed by atoms with E-state index in [1.807, 2.05) is 0 Å². The molecule has 6 saturated carbocycles. The molecule has 0 radical (unpaired) electrons. The zero-order valence-corrected chi connectivity index (χ0v) is 23.9. The Kier molecular flexibility index (Phi) is 3.76. The zero-order chi connectivity index (χ0) is 26.4. The van der Waals surface area contributed by atoms with E-state index >= 15 is 0 Å². The van der Waals surface area contributed by atoms with Crippen molar-refractivity contribution in [3.63, 3.8) is 0 Å². The summed E-state index contributed by atoms with van der Waals surface area (Å²) in [7, 11) is -0.553. The number of hydrogen-bond acceptors (Lipinski definition) is 4. The molecule has 10 rings (SSSR count). The molecule has 4 nitrogen and oxygen atoms in total. The van der Waals surface area contributed by atoms with Crippen LogP contribution in [0.4, 0.5) is 0 Å². The molecule has 0 amide bonds. The van der Waals surface area contributed by atoms with Gasteiger partial charge in [0.1, 0.15) is 0 Å². The molecule has 0 N–H and O–H groups in total. The largest absolute Gasteiger partial charge is 0.494 e. The van der Waals surface area contributed by atoms with E-state index in [-0.39, 0.29) is 36.6 Å². The van der Waals surface area contributed by atoms with Crippen LogP contribution < -0.4 is 10.9 Å². The van der Waals surface area contributed by atoms with Gasteiger partial charge in [-0.05, 0) is 113 Å². The molecule has 6 aliphatic carbocycles. The van der Waals surface area contributed by atoms with Crippen molar-refractivity contribution in [2.24, 2.45) is 35.5 Å². The minimum Gasteiger partial charge on any atom is -0.399 e. The molecule has 2 saturated heterocycles. The maximum Gasteiger partial charge on any atom is 0.494 e. The van der Waals surface area contributed by atoms with Crippen LogP contribution >= 0.6 is 0 Å². The average Bonchev–Trinajstić information content (AvgIpc) is 3.23. The van der Waals surface area contributed by atoms with Gasteiger partial charge in [0.2, 0.25) is 0 Å². The van der Waals surface area contributed by atoms with Crippen molar-refractivity contribution in [3.8, 4) is 0 Å². The summed E-state index contributed by atoms with van der Waals surface area (Å²) in [4.78, 5) is 0. The monoisotopic (exact) mass is 508 g/mol. The van der Waals surface area contributed by atoms with Crippen molar-refractivity contribution in [1.29, 1.82) is 0 Å². The molecule has 0 bridgehead atoms. The normalized spacial score (nSPS) is 45.9. The predicted molar refractivity (Wildman–Crippen MR) is 149 cm³/mol. The summed E-state index contributed by atoms with van der Waals surface area (Å²) >= 11 is 0. The molecule has 6 heteroatoms. The molecule has 2 aromatic carbocycles. The van der Waals surface area contributed by atoms with Crippen LogP contribution in [0, 0.1) is 35.5 Å². The van der Waals surface area contributed by atoms with E-state index in [1.54, 1.807) is 11.1 Å². The first-order chi connectivity index (χ1) is 17.8. The number of rotatable bonds is 4. The van der Waals surface area contributed by atoms with Gasteiger partial charge in [-0.25, -0.2) is 0 Å². The van der Waals surface area contributed by atoms with Crippen LogP contribution in [0.1, 0.15) is 66.5 Å². The molecule has 2 heterocycles. The van der Waals surface area contributed by atoms with E-state index in [0.29, 0.717) is 10.8 Å². The third-order valence-corrected chi connectivity index (χ3v) is 13.5. The first kappa shape index (κ1) is 23.1. The van der Waals surface area contributed by atoms with Crippen molar-refractivity contribution < 1.29 is 18.6 Å². The van der Waals surface area contributed by atoms with Crippen LogP contribution in [0.2, 0.25) is 0 Å². The van der Waals surface area contributed by atoms with Gasteiger partial charge in [-0.15, -0.1) is 0 Å². The quantitative estimate of drug-likeness (QED) is 0.580. The molecule has 0 atom stereocenters. The molecule has 2 aliphatic heterocycles. The SMILES string of the molecule is CC1(C)OB(c2ccc(C34C5C6C3C3C4C5C63c3ccc(B4OC(C)(C)C(C)(C)O4)cc3)cc2)OC1(C)C. The second-order valence-electron chi connectivity index (χ2n) is 15.4. The summed E-state index contributed by atoms with van der Waals surface area (Å²) in [5.74, 6) is 5.38. The fraction of sp³-hybridized carbons (Fsp3) is 0.625. The highest BCUT2D eigenvalue weighted by Gasteiger charge is 3.09. The highest BCUT2D eigenvalue weighted by molar-refractivity contribution is 6.62. The number of hydrogen-bond donors (Lipinski definition) is 0. The fourth-order valence-corrected chi connectivity index (χ4v) is 10.5. The van der Waals surface area contributed by atoms with Crippen molar-refractivity contribution in [3.05, 3.63) is 59.7 Å². The van der Waals surface area contributed by atoms with Crippen molar-refractivity contribution in [2.45, 2.75) is 88.6 Å². The Morgan fingerprint density at radius 2 is 0.658 bits per heavy atom. The molecule has 0 aromatic heterocycles. The first-order valence-corrected chi connectivity index (χ1v) is 14.7. The third-order valence-electron chi connectivity index (χ3n) is 13.5. The average molecular weight is 508 g/mol. The van der Waals surface area contributed by atoms with Crippen LogP contribution in [0.5, 0.6) is 0 Å². The van der Waals surface area contributed by atoms with Crippen LogP contribution in [-0.4, -0.2) is 36.6 Å². The Morgan fingerprint density at radius 1 is 0.421 bits per heavy atom. The van der Waals surface area contributed by atoms with Gasteiger partial charge in [0.05, 0.1) is 22.4 Å². The van der Waals surface area contributed by atoms with Gasteiger partial charge in [-0.3, -0.25) is 0 Å². The maximum atomic E-state index is 6.29. The van der Waals surface area contributed by atoms with Crippen LogP contribution in [0.15, 0.2) is 48.5 Å². The Morgan fingerprint density at radius 3 is 0.895 bits per heavy atom. The van der Waals surface area contributed by atoms with E-state index < -0.39 is 0 Å². The summed E-state index contributed by atoms with van der Waals surface area (Å²) < 4.78 is 25.2. The van der Waals surface area contributed by atoms with Crippen molar-refractivity contribution in [2.75, 3.05) is 0 Å². The van der Waals surface area contributed by atoms with Crippen LogP contribution in [0.3, 0.4) is 0 Å². The molecule has 8 aliphatic rings. The standard InChI is InChI=1S/C32H38B2O4/c1-27(2)28(3,4)36-33(35-27)19-13-9-17(10-14-19)31-21-24-22(31)26-23(31)25(21)32(24,26)18-11-15-20(16-12-18)34-37-29(5,6)30(7,8)38-34/h9-16,21-26H,1-8H3. The van der Waals surface area contributed by atoms with Gasteiger partial charge >= 0.3 is 14.2 Å². The van der Waals surface area contributed by atoms with Gasteiger partial charge in [-0.2, -0.15) is 0 Å². The summed E-state index contributed by atoms with van der Waals surface area (Å²) in [5.41, 5.74) is 5.20. The van der Waals surface area contributed by atoms with E-state index in [2.05, 4.69) is 104 Å². The molecular weight excluding hydrogens is 470 g/mol. The molecule has 196 valence electrons. The van der Waals surface area contributed by atoms with Gasteiger partial charge in [0.15, 0.2) is 0 Å². The minimum atomic E-state index is -0.301. The third kappa shape index (κ3) is 2.06. The molecule has 2 aromatic rings. The summed E-state index contributed by atoms with van der Waals surface area (Å²) in [6, 6.07) is 18.7.